The van der Waals surface area contributed by atoms with Gasteiger partial charge in [0.05, 0.1) is 9.82 Å². The van der Waals surface area contributed by atoms with Crippen molar-refractivity contribution in [1.82, 2.24) is 15.4 Å². The van der Waals surface area contributed by atoms with Crippen molar-refractivity contribution in [1.29, 1.82) is 0 Å². The molecule has 0 fully saturated rings. The summed E-state index contributed by atoms with van der Waals surface area (Å²) >= 11 is 1.73. The molecule has 1 aromatic carbocycles. The molecule has 1 aromatic heterocycles. The highest BCUT2D eigenvalue weighted by atomic mass is 32.2. The predicted molar refractivity (Wildman–Crippen MR) is 115 cm³/mol. The van der Waals surface area contributed by atoms with Crippen LogP contribution in [0.1, 0.15) is 11.8 Å². The van der Waals surface area contributed by atoms with Crippen molar-refractivity contribution in [2.45, 2.75) is 18.2 Å². The number of nitro groups is 1. The van der Waals surface area contributed by atoms with E-state index >= 15 is 0 Å². The highest BCUT2D eigenvalue weighted by Crippen LogP contribution is 2.17. The van der Waals surface area contributed by atoms with Gasteiger partial charge in [-0.2, -0.15) is 0 Å². The Morgan fingerprint density at radius 2 is 2.03 bits per heavy atom. The zero-order chi connectivity index (χ0) is 21.3. The van der Waals surface area contributed by atoms with Gasteiger partial charge in [-0.05, 0) is 29.9 Å². The van der Waals surface area contributed by atoms with E-state index in [4.69, 9.17) is 0 Å². The third-order valence-electron chi connectivity index (χ3n) is 4.02. The molecule has 1 heterocycles. The monoisotopic (exact) mass is 439 g/mol. The average Bonchev–Trinajstić information content (AvgIpc) is 3.20. The second-order valence-electron chi connectivity index (χ2n) is 6.42. The average molecular weight is 440 g/mol. The van der Waals surface area contributed by atoms with Crippen LogP contribution in [0.5, 0.6) is 0 Å². The standard InChI is InChI=1S/C18H25N5O4S2/c1-14(11-16-6-4-10-28-16)13-21-18(19-2)20-8-9-22-29(26,27)17-7-3-5-15(12-17)23(24)25/h3-7,10,12,14,22H,8-9,11,13H2,1-2H3,(H2,19,20,21). The zero-order valence-electron chi connectivity index (χ0n) is 16.3. The van der Waals surface area contributed by atoms with Crippen molar-refractivity contribution in [2.75, 3.05) is 26.7 Å². The van der Waals surface area contributed by atoms with Gasteiger partial charge >= 0.3 is 0 Å². The Morgan fingerprint density at radius 1 is 1.24 bits per heavy atom. The van der Waals surface area contributed by atoms with Crippen LogP contribution >= 0.6 is 11.3 Å². The lowest BCUT2D eigenvalue weighted by molar-refractivity contribution is -0.385. The lowest BCUT2D eigenvalue weighted by Gasteiger charge is -2.16. The Labute approximate surface area is 174 Å². The molecule has 0 radical (unpaired) electrons. The summed E-state index contributed by atoms with van der Waals surface area (Å²) < 4.78 is 27.0. The van der Waals surface area contributed by atoms with E-state index in [1.54, 1.807) is 18.4 Å². The Morgan fingerprint density at radius 3 is 2.69 bits per heavy atom. The van der Waals surface area contributed by atoms with E-state index in [0.717, 1.165) is 19.0 Å². The summed E-state index contributed by atoms with van der Waals surface area (Å²) in [5, 5.41) is 19.1. The van der Waals surface area contributed by atoms with Gasteiger partial charge in [0.1, 0.15) is 0 Å². The molecule has 0 spiro atoms. The summed E-state index contributed by atoms with van der Waals surface area (Å²) in [4.78, 5) is 15.5. The van der Waals surface area contributed by atoms with E-state index in [2.05, 4.69) is 38.7 Å². The van der Waals surface area contributed by atoms with Crippen LogP contribution < -0.4 is 15.4 Å². The summed E-state index contributed by atoms with van der Waals surface area (Å²) in [6.07, 6.45) is 0.977. The van der Waals surface area contributed by atoms with Crippen LogP contribution in [0.4, 0.5) is 5.69 Å². The number of hydrogen-bond acceptors (Lipinski definition) is 6. The molecule has 9 nitrogen and oxygen atoms in total. The van der Waals surface area contributed by atoms with Gasteiger partial charge in [0.2, 0.25) is 10.0 Å². The lowest BCUT2D eigenvalue weighted by Crippen LogP contribution is -2.43. The number of guanidine groups is 1. The zero-order valence-corrected chi connectivity index (χ0v) is 17.9. The van der Waals surface area contributed by atoms with E-state index in [1.165, 1.54) is 23.1 Å². The number of thiophene rings is 1. The molecule has 0 aliphatic carbocycles. The van der Waals surface area contributed by atoms with Crippen LogP contribution in [-0.2, 0) is 16.4 Å². The molecule has 158 valence electrons. The SMILES string of the molecule is CN=C(NCCNS(=O)(=O)c1cccc([N+](=O)[O-])c1)NCC(C)Cc1cccs1. The molecule has 11 heteroatoms. The molecule has 2 aromatic rings. The van der Waals surface area contributed by atoms with Gasteiger partial charge in [0, 0.05) is 43.7 Å². The van der Waals surface area contributed by atoms with Crippen molar-refractivity contribution in [3.63, 3.8) is 0 Å². The molecular weight excluding hydrogens is 414 g/mol. The summed E-state index contributed by atoms with van der Waals surface area (Å²) in [5.41, 5.74) is -0.271. The largest absolute Gasteiger partial charge is 0.356 e. The Hall–Kier alpha value is -2.50. The van der Waals surface area contributed by atoms with Crippen LogP contribution in [0, 0.1) is 16.0 Å². The van der Waals surface area contributed by atoms with Gasteiger partial charge in [0.25, 0.3) is 5.69 Å². The van der Waals surface area contributed by atoms with E-state index in [1.807, 2.05) is 6.07 Å². The van der Waals surface area contributed by atoms with E-state index in [9.17, 15) is 18.5 Å². The minimum atomic E-state index is -3.83. The third-order valence-corrected chi connectivity index (χ3v) is 6.38. The van der Waals surface area contributed by atoms with Crippen LogP contribution in [-0.4, -0.2) is 46.0 Å². The van der Waals surface area contributed by atoms with Crippen LogP contribution in [0.15, 0.2) is 51.7 Å². The summed E-state index contributed by atoms with van der Waals surface area (Å²) in [7, 11) is -2.18. The molecular formula is C18H25N5O4S2. The Kier molecular flexibility index (Phi) is 8.55. The number of benzene rings is 1. The fourth-order valence-corrected chi connectivity index (χ4v) is 4.49. The van der Waals surface area contributed by atoms with Crippen molar-refractivity contribution in [3.05, 3.63) is 56.8 Å². The highest BCUT2D eigenvalue weighted by Gasteiger charge is 2.17. The molecule has 3 N–H and O–H groups in total. The first-order valence-electron chi connectivity index (χ1n) is 9.03. The normalized spacial score (nSPS) is 13.1. The topological polar surface area (TPSA) is 126 Å². The van der Waals surface area contributed by atoms with Gasteiger partial charge in [-0.1, -0.05) is 19.1 Å². The maximum Gasteiger partial charge on any atom is 0.270 e. The molecule has 0 aliphatic rings. The van der Waals surface area contributed by atoms with Crippen LogP contribution in [0.3, 0.4) is 0 Å². The van der Waals surface area contributed by atoms with Gasteiger partial charge in [0.15, 0.2) is 5.96 Å². The van der Waals surface area contributed by atoms with Gasteiger partial charge in [-0.15, -0.1) is 11.3 Å². The van der Waals surface area contributed by atoms with E-state index in [0.29, 0.717) is 18.4 Å². The van der Waals surface area contributed by atoms with Gasteiger partial charge < -0.3 is 10.6 Å². The number of hydrogen-bond donors (Lipinski definition) is 3. The third kappa shape index (κ3) is 7.44. The molecule has 1 unspecified atom stereocenters. The van der Waals surface area contributed by atoms with Crippen LogP contribution in [0.25, 0.3) is 0 Å². The first-order valence-corrected chi connectivity index (χ1v) is 11.4. The number of sulfonamides is 1. The fourth-order valence-electron chi connectivity index (χ4n) is 2.55. The maximum absolute atomic E-state index is 12.3. The molecule has 29 heavy (non-hydrogen) atoms. The van der Waals surface area contributed by atoms with E-state index in [-0.39, 0.29) is 17.1 Å². The smallest absolute Gasteiger partial charge is 0.270 e. The fraction of sp³-hybridized carbons (Fsp3) is 0.389. The maximum atomic E-state index is 12.3. The van der Waals surface area contributed by atoms with Gasteiger partial charge in [-0.25, -0.2) is 13.1 Å². The second-order valence-corrected chi connectivity index (χ2v) is 9.22. The van der Waals surface area contributed by atoms with Gasteiger partial charge in [-0.3, -0.25) is 15.1 Å². The van der Waals surface area contributed by atoms with E-state index < -0.39 is 14.9 Å². The Balaban J connectivity index is 1.76. The number of nitro benzene ring substituents is 1. The minimum Gasteiger partial charge on any atom is -0.356 e. The molecule has 0 aliphatic heterocycles. The summed E-state index contributed by atoms with van der Waals surface area (Å²) in [6, 6.07) is 9.09. The molecule has 2 rings (SSSR count). The number of rotatable bonds is 10. The van der Waals surface area contributed by atoms with Crippen molar-refractivity contribution in [2.24, 2.45) is 10.9 Å². The van der Waals surface area contributed by atoms with Crippen LogP contribution in [0.2, 0.25) is 0 Å². The highest BCUT2D eigenvalue weighted by molar-refractivity contribution is 7.89. The quantitative estimate of drug-likeness (QED) is 0.171. The molecule has 0 bridgehead atoms. The first kappa shape index (κ1) is 22.8. The number of nitrogens with one attached hydrogen (secondary N) is 3. The molecule has 0 saturated carbocycles. The molecule has 1 atom stereocenters. The predicted octanol–water partition coefficient (Wildman–Crippen LogP) is 1.98. The molecule has 0 amide bonds. The number of non-ortho nitro benzene ring substituents is 1. The Bertz CT molecular complexity index is 929. The lowest BCUT2D eigenvalue weighted by atomic mass is 10.1. The molecule has 0 saturated heterocycles. The first-order chi connectivity index (χ1) is 13.8. The van der Waals surface area contributed by atoms with Crippen molar-refractivity contribution < 1.29 is 13.3 Å². The summed E-state index contributed by atoms with van der Waals surface area (Å²) in [5.74, 6) is 0.997. The second kappa shape index (κ2) is 10.9. The van der Waals surface area contributed by atoms with Crippen molar-refractivity contribution in [3.8, 4) is 0 Å². The summed E-state index contributed by atoms with van der Waals surface area (Å²) in [6.45, 7) is 3.30. The number of nitrogens with zero attached hydrogens (tertiary/aromatic N) is 2. The number of aliphatic imine (C=N–C) groups is 1. The van der Waals surface area contributed by atoms with Crippen molar-refractivity contribution >= 4 is 33.0 Å². The minimum absolute atomic E-state index is 0.108.